The molecule has 2 amide bonds. The SMILES string of the molecule is CC(=O)N(C(C)=O)c1ccc(C)cc1C(Cl)S(C)(=O)=O. The van der Waals surface area contributed by atoms with Gasteiger partial charge < -0.3 is 0 Å². The van der Waals surface area contributed by atoms with Crippen molar-refractivity contribution in [1.29, 1.82) is 0 Å². The predicted octanol–water partition coefficient (Wildman–Crippen LogP) is 2.18. The van der Waals surface area contributed by atoms with Gasteiger partial charge >= 0.3 is 0 Å². The monoisotopic (exact) mass is 317 g/mol. The summed E-state index contributed by atoms with van der Waals surface area (Å²) in [7, 11) is -3.56. The molecule has 0 heterocycles. The molecule has 110 valence electrons. The standard InChI is InChI=1S/C13H16ClNO4S/c1-8-5-6-12(15(9(2)16)10(3)17)11(7-8)13(14)20(4,18)19/h5-7,13H,1-4H3. The second-order valence-corrected chi connectivity index (χ2v) is 7.41. The number of amides is 2. The van der Waals surface area contributed by atoms with Crippen LogP contribution in [0, 0.1) is 6.92 Å². The molecule has 0 aliphatic heterocycles. The zero-order chi connectivity index (χ0) is 15.7. The highest BCUT2D eigenvalue weighted by Gasteiger charge is 2.28. The van der Waals surface area contributed by atoms with E-state index in [-0.39, 0.29) is 11.3 Å². The van der Waals surface area contributed by atoms with Crippen molar-refractivity contribution in [2.75, 3.05) is 11.2 Å². The second kappa shape index (κ2) is 5.93. The van der Waals surface area contributed by atoms with Gasteiger partial charge in [-0.3, -0.25) is 14.5 Å². The van der Waals surface area contributed by atoms with E-state index in [0.717, 1.165) is 16.7 Å². The van der Waals surface area contributed by atoms with Crippen LogP contribution in [0.25, 0.3) is 0 Å². The van der Waals surface area contributed by atoms with Gasteiger partial charge in [0.2, 0.25) is 11.8 Å². The highest BCUT2D eigenvalue weighted by atomic mass is 35.5. The molecule has 0 saturated heterocycles. The van der Waals surface area contributed by atoms with Crippen LogP contribution in [0.3, 0.4) is 0 Å². The number of nitrogens with zero attached hydrogens (tertiary/aromatic N) is 1. The van der Waals surface area contributed by atoms with Crippen LogP contribution in [0.5, 0.6) is 0 Å². The Balaban J connectivity index is 3.56. The third kappa shape index (κ3) is 3.58. The van der Waals surface area contributed by atoms with Crippen LogP contribution in [-0.2, 0) is 19.4 Å². The quantitative estimate of drug-likeness (QED) is 0.801. The molecule has 0 fully saturated rings. The molecule has 0 aliphatic rings. The summed E-state index contributed by atoms with van der Waals surface area (Å²) in [5.41, 5.74) is 1.20. The highest BCUT2D eigenvalue weighted by Crippen LogP contribution is 2.35. The maximum absolute atomic E-state index is 11.6. The van der Waals surface area contributed by atoms with Crippen LogP contribution in [0.15, 0.2) is 18.2 Å². The van der Waals surface area contributed by atoms with Gasteiger partial charge in [-0.2, -0.15) is 0 Å². The maximum atomic E-state index is 11.6. The summed E-state index contributed by atoms with van der Waals surface area (Å²) >= 11 is 5.98. The Bertz CT molecular complexity index is 640. The predicted molar refractivity (Wildman–Crippen MR) is 78.5 cm³/mol. The van der Waals surface area contributed by atoms with E-state index in [1.54, 1.807) is 19.1 Å². The zero-order valence-electron chi connectivity index (χ0n) is 11.7. The van der Waals surface area contributed by atoms with Crippen LogP contribution in [-0.4, -0.2) is 26.5 Å². The summed E-state index contributed by atoms with van der Waals surface area (Å²) in [5, 5.41) is 0. The van der Waals surface area contributed by atoms with Crippen molar-refractivity contribution in [3.63, 3.8) is 0 Å². The van der Waals surface area contributed by atoms with Gasteiger partial charge in [-0.25, -0.2) is 8.42 Å². The molecule has 1 rings (SSSR count). The molecular weight excluding hydrogens is 302 g/mol. The molecule has 1 unspecified atom stereocenters. The Morgan fingerprint density at radius 1 is 1.20 bits per heavy atom. The van der Waals surface area contributed by atoms with E-state index >= 15 is 0 Å². The number of hydrogen-bond acceptors (Lipinski definition) is 4. The number of rotatable bonds is 3. The van der Waals surface area contributed by atoms with Crippen molar-refractivity contribution in [2.45, 2.75) is 25.5 Å². The summed E-state index contributed by atoms with van der Waals surface area (Å²) in [5.74, 6) is -1.00. The fourth-order valence-electron chi connectivity index (χ4n) is 1.85. The molecule has 0 saturated carbocycles. The van der Waals surface area contributed by atoms with Crippen molar-refractivity contribution in [1.82, 2.24) is 0 Å². The minimum atomic E-state index is -3.56. The zero-order valence-corrected chi connectivity index (χ0v) is 13.2. The minimum Gasteiger partial charge on any atom is -0.274 e. The molecular formula is C13H16ClNO4S. The Morgan fingerprint density at radius 2 is 1.70 bits per heavy atom. The average molecular weight is 318 g/mol. The number of carbonyl (C=O) groups excluding carboxylic acids is 2. The van der Waals surface area contributed by atoms with E-state index in [2.05, 4.69) is 0 Å². The lowest BCUT2D eigenvalue weighted by Gasteiger charge is -2.22. The molecule has 0 spiro atoms. The second-order valence-electron chi connectivity index (χ2n) is 4.58. The van der Waals surface area contributed by atoms with Crippen LogP contribution in [0.2, 0.25) is 0 Å². The first-order chi connectivity index (χ1) is 9.05. The Hall–Kier alpha value is -1.40. The first-order valence-electron chi connectivity index (χ1n) is 5.80. The fourth-order valence-corrected chi connectivity index (χ4v) is 2.68. The van der Waals surface area contributed by atoms with E-state index in [0.29, 0.717) is 0 Å². The first-order valence-corrected chi connectivity index (χ1v) is 8.19. The lowest BCUT2D eigenvalue weighted by molar-refractivity contribution is -0.124. The number of sulfone groups is 1. The molecule has 20 heavy (non-hydrogen) atoms. The summed E-state index contributed by atoms with van der Waals surface area (Å²) in [6.07, 6.45) is 1.00. The number of alkyl halides is 1. The van der Waals surface area contributed by atoms with Crippen LogP contribution in [0.1, 0.15) is 29.7 Å². The Labute approximate surface area is 123 Å². The summed E-state index contributed by atoms with van der Waals surface area (Å²) < 4.78 is 22.0. The van der Waals surface area contributed by atoms with E-state index in [9.17, 15) is 18.0 Å². The number of anilines is 1. The van der Waals surface area contributed by atoms with E-state index in [1.165, 1.54) is 19.9 Å². The van der Waals surface area contributed by atoms with Crippen molar-refractivity contribution < 1.29 is 18.0 Å². The van der Waals surface area contributed by atoms with Crippen LogP contribution < -0.4 is 4.90 Å². The van der Waals surface area contributed by atoms with Gasteiger partial charge in [0.15, 0.2) is 14.5 Å². The molecule has 0 aliphatic carbocycles. The largest absolute Gasteiger partial charge is 0.274 e. The lowest BCUT2D eigenvalue weighted by atomic mass is 10.1. The Kier molecular flexibility index (Phi) is 4.94. The van der Waals surface area contributed by atoms with Crippen LogP contribution >= 0.6 is 11.6 Å². The minimum absolute atomic E-state index is 0.195. The van der Waals surface area contributed by atoms with Gasteiger partial charge in [0, 0.05) is 25.7 Å². The number of halogens is 1. The normalized spacial score (nSPS) is 12.8. The van der Waals surface area contributed by atoms with Crippen molar-refractivity contribution in [2.24, 2.45) is 0 Å². The smallest absolute Gasteiger partial charge is 0.230 e. The molecule has 0 aromatic heterocycles. The number of hydrogen-bond donors (Lipinski definition) is 0. The third-order valence-electron chi connectivity index (χ3n) is 2.67. The molecule has 5 nitrogen and oxygen atoms in total. The third-order valence-corrected chi connectivity index (χ3v) is 4.89. The average Bonchev–Trinajstić information content (AvgIpc) is 2.28. The van der Waals surface area contributed by atoms with Crippen LogP contribution in [0.4, 0.5) is 5.69 Å². The van der Waals surface area contributed by atoms with Gasteiger partial charge in [-0.05, 0) is 13.0 Å². The maximum Gasteiger partial charge on any atom is 0.230 e. The Morgan fingerprint density at radius 3 is 2.10 bits per heavy atom. The van der Waals surface area contributed by atoms with E-state index in [4.69, 9.17) is 11.6 Å². The van der Waals surface area contributed by atoms with E-state index < -0.39 is 26.4 Å². The lowest BCUT2D eigenvalue weighted by Crippen LogP contribution is -2.34. The van der Waals surface area contributed by atoms with Crippen molar-refractivity contribution >= 4 is 38.9 Å². The summed E-state index contributed by atoms with van der Waals surface area (Å²) in [4.78, 5) is 24.1. The van der Waals surface area contributed by atoms with Gasteiger partial charge in [0.25, 0.3) is 0 Å². The van der Waals surface area contributed by atoms with Gasteiger partial charge in [0.1, 0.15) is 0 Å². The number of aryl methyl sites for hydroxylation is 1. The summed E-state index contributed by atoms with van der Waals surface area (Å²) in [6, 6.07) is 4.77. The van der Waals surface area contributed by atoms with Gasteiger partial charge in [0.05, 0.1) is 5.69 Å². The molecule has 0 radical (unpaired) electrons. The molecule has 0 N–H and O–H groups in total. The van der Waals surface area contributed by atoms with Gasteiger partial charge in [-0.15, -0.1) is 11.6 Å². The topological polar surface area (TPSA) is 71.5 Å². The molecule has 1 aromatic carbocycles. The molecule has 1 atom stereocenters. The van der Waals surface area contributed by atoms with E-state index in [1.807, 2.05) is 0 Å². The fraction of sp³-hybridized carbons (Fsp3) is 0.385. The number of benzene rings is 1. The number of carbonyl (C=O) groups is 2. The highest BCUT2D eigenvalue weighted by molar-refractivity contribution is 7.92. The molecule has 7 heteroatoms. The van der Waals surface area contributed by atoms with Crippen molar-refractivity contribution in [3.05, 3.63) is 29.3 Å². The summed E-state index contributed by atoms with van der Waals surface area (Å²) in [6.45, 7) is 4.23. The molecule has 1 aromatic rings. The van der Waals surface area contributed by atoms with Crippen molar-refractivity contribution in [3.8, 4) is 0 Å². The molecule has 0 bridgehead atoms. The number of imide groups is 1. The van der Waals surface area contributed by atoms with Gasteiger partial charge in [-0.1, -0.05) is 17.7 Å². The first kappa shape index (κ1) is 16.7.